The molecule has 5 nitrogen and oxygen atoms in total. The molecule has 1 unspecified atom stereocenters. The third-order valence-electron chi connectivity index (χ3n) is 4.82. The van der Waals surface area contributed by atoms with E-state index in [-0.39, 0.29) is 5.91 Å². The van der Waals surface area contributed by atoms with Gasteiger partial charge >= 0.3 is 0 Å². The summed E-state index contributed by atoms with van der Waals surface area (Å²) in [7, 11) is 0. The van der Waals surface area contributed by atoms with Crippen molar-refractivity contribution in [3.05, 3.63) is 28.9 Å². The van der Waals surface area contributed by atoms with E-state index in [4.69, 9.17) is 11.6 Å². The molecule has 2 aromatic rings. The van der Waals surface area contributed by atoms with Crippen molar-refractivity contribution < 1.29 is 4.79 Å². The Bertz CT molecular complexity index is 713. The van der Waals surface area contributed by atoms with Gasteiger partial charge < -0.3 is 4.90 Å². The zero-order valence-electron chi connectivity index (χ0n) is 12.4. The van der Waals surface area contributed by atoms with Gasteiger partial charge in [-0.3, -0.25) is 14.8 Å². The molecule has 0 radical (unpaired) electrons. The number of hydrogen-bond acceptors (Lipinski definition) is 3. The van der Waals surface area contributed by atoms with E-state index in [2.05, 4.69) is 15.1 Å². The summed E-state index contributed by atoms with van der Waals surface area (Å²) in [5.74, 6) is 0.0418. The van der Waals surface area contributed by atoms with E-state index in [1.54, 1.807) is 6.07 Å². The second-order valence-corrected chi connectivity index (χ2v) is 6.65. The summed E-state index contributed by atoms with van der Waals surface area (Å²) in [6.45, 7) is 3.93. The third-order valence-corrected chi connectivity index (χ3v) is 5.05. The maximum Gasteiger partial charge on any atom is 0.275 e. The molecule has 3 heterocycles. The molecule has 2 atom stereocenters. The Labute approximate surface area is 134 Å². The average molecular weight is 319 g/mol. The Morgan fingerprint density at radius 2 is 2.18 bits per heavy atom. The number of H-pyrrole nitrogens is 1. The van der Waals surface area contributed by atoms with Gasteiger partial charge in [0.25, 0.3) is 5.91 Å². The zero-order valence-corrected chi connectivity index (χ0v) is 13.1. The Morgan fingerprint density at radius 3 is 3.09 bits per heavy atom. The number of benzene rings is 1. The van der Waals surface area contributed by atoms with Gasteiger partial charge in [-0.25, -0.2) is 0 Å². The number of nitrogens with zero attached hydrogens (tertiary/aromatic N) is 3. The van der Waals surface area contributed by atoms with E-state index in [1.165, 1.54) is 19.4 Å². The molecule has 22 heavy (non-hydrogen) atoms. The van der Waals surface area contributed by atoms with Crippen molar-refractivity contribution >= 4 is 28.4 Å². The molecule has 0 saturated carbocycles. The van der Waals surface area contributed by atoms with E-state index in [9.17, 15) is 4.79 Å². The average Bonchev–Trinajstić information content (AvgIpc) is 2.84. The molecule has 1 aromatic carbocycles. The standard InChI is InChI=1S/C16H19ClN4O/c17-11-4-5-13-14(9-11)18-19-15(13)16(22)21-8-7-20-6-2-1-3-12(21)10-20/h4-5,9,12H,1-3,6-8,10H2,(H,18,19)/t12-/m0/s1. The number of carbonyl (C=O) groups excluding carboxylic acids is 1. The first-order valence-electron chi connectivity index (χ1n) is 7.89. The topological polar surface area (TPSA) is 52.2 Å². The van der Waals surface area contributed by atoms with Crippen LogP contribution in [-0.2, 0) is 0 Å². The molecule has 1 aromatic heterocycles. The number of nitrogens with one attached hydrogen (secondary N) is 1. The van der Waals surface area contributed by atoms with Gasteiger partial charge in [-0.1, -0.05) is 18.0 Å². The lowest BCUT2D eigenvalue weighted by Gasteiger charge is -2.39. The van der Waals surface area contributed by atoms with Crippen LogP contribution in [-0.4, -0.2) is 58.1 Å². The summed E-state index contributed by atoms with van der Waals surface area (Å²) >= 11 is 5.99. The summed E-state index contributed by atoms with van der Waals surface area (Å²) in [6.07, 6.45) is 3.53. The predicted molar refractivity (Wildman–Crippen MR) is 86.2 cm³/mol. The molecular formula is C16H19ClN4O. The van der Waals surface area contributed by atoms with Crippen LogP contribution < -0.4 is 0 Å². The van der Waals surface area contributed by atoms with Crippen LogP contribution in [0.25, 0.3) is 10.9 Å². The molecule has 116 valence electrons. The van der Waals surface area contributed by atoms with Gasteiger partial charge in [0.05, 0.1) is 5.52 Å². The largest absolute Gasteiger partial charge is 0.332 e. The molecule has 2 bridgehead atoms. The fraction of sp³-hybridized carbons (Fsp3) is 0.500. The van der Waals surface area contributed by atoms with Gasteiger partial charge in [-0.15, -0.1) is 0 Å². The van der Waals surface area contributed by atoms with Crippen molar-refractivity contribution in [3.8, 4) is 0 Å². The van der Waals surface area contributed by atoms with Crippen molar-refractivity contribution in [1.82, 2.24) is 20.0 Å². The normalized spacial score (nSPS) is 25.2. The first-order valence-corrected chi connectivity index (χ1v) is 8.27. The van der Waals surface area contributed by atoms with Crippen LogP contribution in [0.15, 0.2) is 18.2 Å². The molecule has 6 heteroatoms. The van der Waals surface area contributed by atoms with Crippen LogP contribution in [0.3, 0.4) is 0 Å². The van der Waals surface area contributed by atoms with Crippen molar-refractivity contribution in [1.29, 1.82) is 0 Å². The number of aromatic amines is 1. The first kappa shape index (κ1) is 14.0. The van der Waals surface area contributed by atoms with Crippen LogP contribution in [0.5, 0.6) is 0 Å². The maximum absolute atomic E-state index is 13.0. The summed E-state index contributed by atoms with van der Waals surface area (Å²) in [5, 5.41) is 8.68. The quantitative estimate of drug-likeness (QED) is 0.879. The molecule has 2 aliphatic rings. The van der Waals surface area contributed by atoms with Crippen molar-refractivity contribution in [2.75, 3.05) is 26.2 Å². The minimum absolute atomic E-state index is 0.0418. The highest BCUT2D eigenvalue weighted by Gasteiger charge is 2.33. The molecular weight excluding hydrogens is 300 g/mol. The smallest absolute Gasteiger partial charge is 0.275 e. The SMILES string of the molecule is O=C(c1n[nH]c2cc(Cl)ccc12)N1CCN2CCCC[C@H]1C2. The summed E-state index contributed by atoms with van der Waals surface area (Å²) in [5.41, 5.74) is 1.33. The number of hydrogen-bond donors (Lipinski definition) is 1. The number of carbonyl (C=O) groups is 1. The molecule has 0 spiro atoms. The lowest BCUT2D eigenvalue weighted by Crippen LogP contribution is -2.54. The first-order chi connectivity index (χ1) is 10.7. The second kappa shape index (κ2) is 5.56. The number of aromatic nitrogens is 2. The molecule has 2 fully saturated rings. The number of fused-ring (bicyclic) bond motifs is 3. The lowest BCUT2D eigenvalue weighted by molar-refractivity contribution is 0.0480. The van der Waals surface area contributed by atoms with E-state index >= 15 is 0 Å². The van der Waals surface area contributed by atoms with Gasteiger partial charge in [0.2, 0.25) is 0 Å². The highest BCUT2D eigenvalue weighted by molar-refractivity contribution is 6.31. The van der Waals surface area contributed by atoms with Crippen LogP contribution >= 0.6 is 11.6 Å². The van der Waals surface area contributed by atoms with Crippen LogP contribution in [0.4, 0.5) is 0 Å². The van der Waals surface area contributed by atoms with Gasteiger partial charge in [-0.05, 0) is 37.6 Å². The fourth-order valence-electron chi connectivity index (χ4n) is 3.64. The summed E-state index contributed by atoms with van der Waals surface area (Å²) in [4.78, 5) is 17.5. The third kappa shape index (κ3) is 2.38. The number of rotatable bonds is 1. The Kier molecular flexibility index (Phi) is 3.54. The molecule has 2 aliphatic heterocycles. The zero-order chi connectivity index (χ0) is 15.1. The minimum atomic E-state index is 0.0418. The molecule has 0 aliphatic carbocycles. The Hall–Kier alpha value is -1.59. The van der Waals surface area contributed by atoms with E-state index in [0.29, 0.717) is 16.8 Å². The number of amides is 1. The minimum Gasteiger partial charge on any atom is -0.332 e. The van der Waals surface area contributed by atoms with Crippen molar-refractivity contribution in [2.45, 2.75) is 25.3 Å². The van der Waals surface area contributed by atoms with Crippen molar-refractivity contribution in [2.24, 2.45) is 0 Å². The van der Waals surface area contributed by atoms with E-state index in [0.717, 1.165) is 37.0 Å². The van der Waals surface area contributed by atoms with Crippen molar-refractivity contribution in [3.63, 3.8) is 0 Å². The second-order valence-electron chi connectivity index (χ2n) is 6.21. The van der Waals surface area contributed by atoms with Gasteiger partial charge in [0, 0.05) is 36.1 Å². The molecule has 1 N–H and O–H groups in total. The summed E-state index contributed by atoms with van der Waals surface area (Å²) in [6, 6.07) is 5.81. The van der Waals surface area contributed by atoms with Gasteiger partial charge in [0.1, 0.15) is 0 Å². The highest BCUT2D eigenvalue weighted by Crippen LogP contribution is 2.25. The molecule has 2 saturated heterocycles. The number of piperazine rings is 1. The maximum atomic E-state index is 13.0. The van der Waals surface area contributed by atoms with E-state index < -0.39 is 0 Å². The molecule has 1 amide bonds. The summed E-state index contributed by atoms with van der Waals surface area (Å²) < 4.78 is 0. The predicted octanol–water partition coefficient (Wildman–Crippen LogP) is 2.53. The fourth-order valence-corrected chi connectivity index (χ4v) is 3.82. The highest BCUT2D eigenvalue weighted by atomic mass is 35.5. The number of halogens is 1. The van der Waals surface area contributed by atoms with E-state index in [1.807, 2.05) is 17.0 Å². The van der Waals surface area contributed by atoms with Gasteiger partial charge in [-0.2, -0.15) is 5.10 Å². The molecule has 4 rings (SSSR count). The Morgan fingerprint density at radius 1 is 1.27 bits per heavy atom. The van der Waals surface area contributed by atoms with Crippen LogP contribution in [0.2, 0.25) is 5.02 Å². The lowest BCUT2D eigenvalue weighted by atomic mass is 10.1. The van der Waals surface area contributed by atoms with Gasteiger partial charge in [0.15, 0.2) is 5.69 Å². The van der Waals surface area contributed by atoms with Crippen LogP contribution in [0.1, 0.15) is 29.8 Å². The van der Waals surface area contributed by atoms with Crippen LogP contribution in [0, 0.1) is 0 Å². The Balaban J connectivity index is 1.65. The monoisotopic (exact) mass is 318 g/mol.